The summed E-state index contributed by atoms with van der Waals surface area (Å²) in [5.74, 6) is -1.34. The molecule has 0 unspecified atom stereocenters. The number of imidazole rings is 1. The smallest absolute Gasteiger partial charge is 0.322 e. The number of nitrogens with zero attached hydrogens (tertiary/aromatic N) is 4. The summed E-state index contributed by atoms with van der Waals surface area (Å²) in [6.07, 6.45) is 0. The first kappa shape index (κ1) is 22.3. The van der Waals surface area contributed by atoms with E-state index in [0.717, 1.165) is 46.0 Å². The molecule has 1 fully saturated rings. The normalized spacial score (nSPS) is 13.7. The standard InChI is InChI=1S/C20H19N9O3S2/c21-34-17-13(33-9-6-22-7-9)5-4-10(15(17)18-26-28-29-27-18)11-2-1-3-12-16(11)25-19(24-12)20(32)23-8-14(30)31/h1-5,9,22H,6-8,21H2,(H,23,32)(H,24,25)(H,30,31)(H,26,27,28,29). The van der Waals surface area contributed by atoms with Crippen molar-refractivity contribution in [3.8, 4) is 22.5 Å². The molecule has 1 aliphatic heterocycles. The fourth-order valence-corrected chi connectivity index (χ4v) is 5.52. The van der Waals surface area contributed by atoms with Gasteiger partial charge in [-0.15, -0.1) is 22.0 Å². The van der Waals surface area contributed by atoms with Gasteiger partial charge in [-0.05, 0) is 34.9 Å². The number of thioether (sulfide) groups is 1. The lowest BCUT2D eigenvalue weighted by atomic mass is 9.98. The lowest BCUT2D eigenvalue weighted by Crippen LogP contribution is -2.44. The molecule has 3 heterocycles. The van der Waals surface area contributed by atoms with Crippen molar-refractivity contribution in [3.63, 3.8) is 0 Å². The van der Waals surface area contributed by atoms with E-state index in [1.807, 2.05) is 24.3 Å². The number of aliphatic carboxylic acids is 1. The molecule has 0 saturated carbocycles. The lowest BCUT2D eigenvalue weighted by Gasteiger charge is -2.27. The number of H-pyrrole nitrogens is 2. The summed E-state index contributed by atoms with van der Waals surface area (Å²) in [5, 5.41) is 35.6. The number of hydrogen-bond donors (Lipinski definition) is 6. The Bertz CT molecular complexity index is 1370. The van der Waals surface area contributed by atoms with Gasteiger partial charge in [0.15, 0.2) is 5.82 Å². The summed E-state index contributed by atoms with van der Waals surface area (Å²) in [7, 11) is 0. The molecule has 34 heavy (non-hydrogen) atoms. The summed E-state index contributed by atoms with van der Waals surface area (Å²) < 4.78 is 0. The largest absolute Gasteiger partial charge is 0.480 e. The molecule has 174 valence electrons. The Kier molecular flexibility index (Phi) is 6.19. The predicted molar refractivity (Wildman–Crippen MR) is 127 cm³/mol. The van der Waals surface area contributed by atoms with Crippen molar-refractivity contribution in [2.75, 3.05) is 19.6 Å². The van der Waals surface area contributed by atoms with Crippen molar-refractivity contribution >= 4 is 46.6 Å². The van der Waals surface area contributed by atoms with Crippen LogP contribution in [0.2, 0.25) is 0 Å². The van der Waals surface area contributed by atoms with E-state index >= 15 is 0 Å². The molecule has 4 aromatic rings. The quantitative estimate of drug-likeness (QED) is 0.192. The summed E-state index contributed by atoms with van der Waals surface area (Å²) in [5.41, 5.74) is 3.40. The van der Waals surface area contributed by atoms with Gasteiger partial charge in [-0.3, -0.25) is 14.7 Å². The molecule has 0 bridgehead atoms. The van der Waals surface area contributed by atoms with E-state index in [2.05, 4.69) is 41.2 Å². The van der Waals surface area contributed by atoms with Crippen molar-refractivity contribution in [2.45, 2.75) is 15.0 Å². The van der Waals surface area contributed by atoms with Crippen LogP contribution in [0.4, 0.5) is 0 Å². The number of tetrazole rings is 1. The van der Waals surface area contributed by atoms with Crippen LogP contribution in [0.3, 0.4) is 0 Å². The first-order valence-corrected chi connectivity index (χ1v) is 11.9. The van der Waals surface area contributed by atoms with Crippen LogP contribution in [0.1, 0.15) is 10.6 Å². The Morgan fingerprint density at radius 1 is 1.21 bits per heavy atom. The average molecular weight is 498 g/mol. The summed E-state index contributed by atoms with van der Waals surface area (Å²) in [6.45, 7) is 1.35. The molecular weight excluding hydrogens is 478 g/mol. The number of carboxylic acid groups (broad SMARTS) is 1. The van der Waals surface area contributed by atoms with E-state index in [1.165, 1.54) is 0 Å². The predicted octanol–water partition coefficient (Wildman–Crippen LogP) is 1.25. The second kappa shape index (κ2) is 9.42. The molecule has 2 aromatic heterocycles. The molecule has 1 aliphatic rings. The van der Waals surface area contributed by atoms with Crippen LogP contribution in [0.5, 0.6) is 0 Å². The molecule has 0 radical (unpaired) electrons. The van der Waals surface area contributed by atoms with Gasteiger partial charge in [0, 0.05) is 39.3 Å². The van der Waals surface area contributed by atoms with Crippen molar-refractivity contribution in [2.24, 2.45) is 5.14 Å². The highest BCUT2D eigenvalue weighted by atomic mass is 32.2. The molecule has 1 amide bonds. The molecule has 0 spiro atoms. The number of nitrogens with two attached hydrogens (primary N) is 1. The summed E-state index contributed by atoms with van der Waals surface area (Å²) in [4.78, 5) is 32.4. The van der Waals surface area contributed by atoms with Gasteiger partial charge in [-0.2, -0.15) is 5.21 Å². The van der Waals surface area contributed by atoms with Crippen LogP contribution in [-0.4, -0.2) is 72.5 Å². The van der Waals surface area contributed by atoms with Crippen molar-refractivity contribution < 1.29 is 14.7 Å². The van der Waals surface area contributed by atoms with Gasteiger partial charge in [0.25, 0.3) is 5.91 Å². The number of aromatic amines is 2. The maximum absolute atomic E-state index is 12.4. The number of amides is 1. The van der Waals surface area contributed by atoms with Crippen molar-refractivity contribution in [1.82, 2.24) is 41.2 Å². The molecule has 5 rings (SSSR count). The number of carbonyl (C=O) groups is 2. The molecule has 12 nitrogen and oxygen atoms in total. The first-order chi connectivity index (χ1) is 16.5. The topological polar surface area (TPSA) is 188 Å². The van der Waals surface area contributed by atoms with Crippen molar-refractivity contribution in [3.05, 3.63) is 36.2 Å². The highest BCUT2D eigenvalue weighted by molar-refractivity contribution is 8.02. The van der Waals surface area contributed by atoms with Crippen LogP contribution in [-0.2, 0) is 4.79 Å². The van der Waals surface area contributed by atoms with Gasteiger partial charge in [-0.1, -0.05) is 18.2 Å². The highest BCUT2D eigenvalue weighted by Crippen LogP contribution is 2.44. The van der Waals surface area contributed by atoms with E-state index in [1.54, 1.807) is 17.8 Å². The SMILES string of the molecule is NSc1c(SC2CNC2)ccc(-c2cccc3[nH]c(C(=O)NCC(=O)O)nc23)c1-c1nn[nH]n1. The number of rotatable bonds is 8. The summed E-state index contributed by atoms with van der Waals surface area (Å²) in [6, 6.07) is 9.50. The van der Waals surface area contributed by atoms with Gasteiger partial charge in [0.05, 0.1) is 11.0 Å². The van der Waals surface area contributed by atoms with Crippen LogP contribution < -0.4 is 15.8 Å². The minimum absolute atomic E-state index is 0.0166. The molecule has 0 aliphatic carbocycles. The Hall–Kier alpha value is -3.46. The third-order valence-corrected chi connectivity index (χ3v) is 7.31. The van der Waals surface area contributed by atoms with Crippen LogP contribution in [0.25, 0.3) is 33.5 Å². The van der Waals surface area contributed by atoms with Crippen LogP contribution in [0, 0.1) is 0 Å². The Balaban J connectivity index is 1.63. The van der Waals surface area contributed by atoms with Crippen molar-refractivity contribution in [1.29, 1.82) is 0 Å². The zero-order valence-electron chi connectivity index (χ0n) is 17.5. The number of aromatic nitrogens is 6. The third-order valence-electron chi connectivity index (χ3n) is 5.26. The second-order valence-electron chi connectivity index (χ2n) is 7.43. The fourth-order valence-electron chi connectivity index (χ4n) is 3.61. The third kappa shape index (κ3) is 4.23. The first-order valence-electron chi connectivity index (χ1n) is 10.2. The number of carboxylic acids is 1. The lowest BCUT2D eigenvalue weighted by molar-refractivity contribution is -0.135. The molecule has 2 aromatic carbocycles. The number of carbonyl (C=O) groups excluding carboxylic acids is 1. The van der Waals surface area contributed by atoms with E-state index in [9.17, 15) is 9.59 Å². The Morgan fingerprint density at radius 2 is 2.06 bits per heavy atom. The minimum atomic E-state index is -1.14. The van der Waals surface area contributed by atoms with Gasteiger partial charge in [-0.25, -0.2) is 4.98 Å². The van der Waals surface area contributed by atoms with Gasteiger partial charge < -0.3 is 20.7 Å². The Labute approximate surface area is 201 Å². The van der Waals surface area contributed by atoms with E-state index in [0.29, 0.717) is 27.7 Å². The van der Waals surface area contributed by atoms with E-state index < -0.39 is 18.4 Å². The molecule has 1 saturated heterocycles. The fraction of sp³-hybridized carbons (Fsp3) is 0.200. The number of fused-ring (bicyclic) bond motifs is 1. The average Bonchev–Trinajstić information content (AvgIpc) is 3.49. The molecule has 0 atom stereocenters. The van der Waals surface area contributed by atoms with Crippen LogP contribution >= 0.6 is 23.7 Å². The molecule has 14 heteroatoms. The molecular formula is C20H19N9O3S2. The minimum Gasteiger partial charge on any atom is -0.480 e. The zero-order valence-corrected chi connectivity index (χ0v) is 19.2. The Morgan fingerprint density at radius 3 is 2.74 bits per heavy atom. The van der Waals surface area contributed by atoms with Crippen LogP contribution in [0.15, 0.2) is 40.1 Å². The molecule has 7 N–H and O–H groups in total. The number of hydrogen-bond acceptors (Lipinski definition) is 10. The maximum Gasteiger partial charge on any atom is 0.322 e. The van der Waals surface area contributed by atoms with E-state index in [-0.39, 0.29) is 5.82 Å². The van der Waals surface area contributed by atoms with Gasteiger partial charge >= 0.3 is 5.97 Å². The van der Waals surface area contributed by atoms with Gasteiger partial charge in [0.1, 0.15) is 6.54 Å². The number of nitrogens with one attached hydrogen (secondary N) is 4. The monoisotopic (exact) mass is 497 g/mol. The maximum atomic E-state index is 12.4. The van der Waals surface area contributed by atoms with Gasteiger partial charge in [0.2, 0.25) is 5.82 Å². The summed E-state index contributed by atoms with van der Waals surface area (Å²) >= 11 is 2.86. The second-order valence-corrected chi connectivity index (χ2v) is 9.42. The number of benzene rings is 2. The number of para-hydroxylation sites is 1. The highest BCUT2D eigenvalue weighted by Gasteiger charge is 2.25. The van der Waals surface area contributed by atoms with E-state index in [4.69, 9.17) is 10.2 Å². The zero-order chi connectivity index (χ0) is 23.7.